The predicted octanol–water partition coefficient (Wildman–Crippen LogP) is -0.534. The molecule has 2 fully saturated rings. The highest BCUT2D eigenvalue weighted by Gasteiger charge is 2.34. The lowest BCUT2D eigenvalue weighted by atomic mass is 10.1. The van der Waals surface area contributed by atoms with Gasteiger partial charge in [-0.05, 0) is 19.4 Å². The molecule has 0 aliphatic carbocycles. The third kappa shape index (κ3) is 1.97. The minimum atomic E-state index is -0.749. The Kier molecular flexibility index (Phi) is 2.90. The molecule has 0 spiro atoms. The first kappa shape index (κ1) is 10.4. The Morgan fingerprint density at radius 2 is 2.07 bits per heavy atom. The van der Waals surface area contributed by atoms with Crippen molar-refractivity contribution in [2.75, 3.05) is 33.3 Å². The Labute approximate surface area is 89.0 Å². The summed E-state index contributed by atoms with van der Waals surface area (Å²) in [5.41, 5.74) is 0. The highest BCUT2D eigenvalue weighted by Crippen LogP contribution is 2.21. The molecule has 5 heteroatoms. The zero-order valence-corrected chi connectivity index (χ0v) is 8.94. The fourth-order valence-electron chi connectivity index (χ4n) is 2.39. The number of hydrogen-bond donors (Lipinski definition) is 0. The number of ether oxygens (including phenoxy) is 1. The van der Waals surface area contributed by atoms with Gasteiger partial charge in [0, 0.05) is 25.7 Å². The van der Waals surface area contributed by atoms with Crippen molar-refractivity contribution in [2.24, 2.45) is 0 Å². The standard InChI is InChI=1S/C10H16N2O3/c1-15-10(14)9(13)12-6-5-11-4-2-3-8(11)7-12/h8H,2-7H2,1H3. The zero-order chi connectivity index (χ0) is 10.8. The van der Waals surface area contributed by atoms with E-state index in [0.29, 0.717) is 19.1 Å². The Balaban J connectivity index is 1.95. The molecule has 0 aromatic heterocycles. The van der Waals surface area contributed by atoms with Gasteiger partial charge in [0.2, 0.25) is 0 Å². The summed E-state index contributed by atoms with van der Waals surface area (Å²) >= 11 is 0. The summed E-state index contributed by atoms with van der Waals surface area (Å²) in [5, 5.41) is 0. The van der Waals surface area contributed by atoms with E-state index < -0.39 is 11.9 Å². The quantitative estimate of drug-likeness (QED) is 0.400. The lowest BCUT2D eigenvalue weighted by molar-refractivity contribution is -0.159. The average Bonchev–Trinajstić information content (AvgIpc) is 2.73. The van der Waals surface area contributed by atoms with Gasteiger partial charge in [-0.1, -0.05) is 0 Å². The van der Waals surface area contributed by atoms with Crippen molar-refractivity contribution in [3.8, 4) is 0 Å². The Bertz CT molecular complexity index is 280. The van der Waals surface area contributed by atoms with Crippen LogP contribution in [0.5, 0.6) is 0 Å². The lowest BCUT2D eigenvalue weighted by Crippen LogP contribution is -2.53. The van der Waals surface area contributed by atoms with E-state index in [2.05, 4.69) is 9.64 Å². The molecule has 0 aromatic rings. The van der Waals surface area contributed by atoms with Gasteiger partial charge in [-0.15, -0.1) is 0 Å². The van der Waals surface area contributed by atoms with Gasteiger partial charge in [0.15, 0.2) is 0 Å². The van der Waals surface area contributed by atoms with Crippen molar-refractivity contribution >= 4 is 11.9 Å². The molecule has 1 unspecified atom stereocenters. The van der Waals surface area contributed by atoms with E-state index in [1.54, 1.807) is 4.90 Å². The third-order valence-corrected chi connectivity index (χ3v) is 3.23. The fourth-order valence-corrected chi connectivity index (χ4v) is 2.39. The van der Waals surface area contributed by atoms with E-state index in [1.165, 1.54) is 13.5 Å². The molecular formula is C10H16N2O3. The zero-order valence-electron chi connectivity index (χ0n) is 8.94. The number of hydrogen-bond acceptors (Lipinski definition) is 4. The normalized spacial score (nSPS) is 26.2. The molecule has 0 radical (unpaired) electrons. The summed E-state index contributed by atoms with van der Waals surface area (Å²) in [5.74, 6) is -1.24. The van der Waals surface area contributed by atoms with Crippen LogP contribution in [-0.4, -0.2) is 61.0 Å². The van der Waals surface area contributed by atoms with Crippen molar-refractivity contribution < 1.29 is 14.3 Å². The van der Waals surface area contributed by atoms with Gasteiger partial charge in [-0.3, -0.25) is 9.69 Å². The van der Waals surface area contributed by atoms with Crippen molar-refractivity contribution in [1.82, 2.24) is 9.80 Å². The number of nitrogens with zero attached hydrogens (tertiary/aromatic N) is 2. The molecule has 0 N–H and O–H groups in total. The topological polar surface area (TPSA) is 49.9 Å². The first-order valence-electron chi connectivity index (χ1n) is 5.33. The molecule has 15 heavy (non-hydrogen) atoms. The molecule has 84 valence electrons. The van der Waals surface area contributed by atoms with Crippen LogP contribution in [0, 0.1) is 0 Å². The Hall–Kier alpha value is -1.10. The number of piperazine rings is 1. The van der Waals surface area contributed by atoms with Gasteiger partial charge >= 0.3 is 11.9 Å². The molecular weight excluding hydrogens is 196 g/mol. The van der Waals surface area contributed by atoms with Crippen LogP contribution < -0.4 is 0 Å². The van der Waals surface area contributed by atoms with Crippen LogP contribution in [0.15, 0.2) is 0 Å². The van der Waals surface area contributed by atoms with Crippen LogP contribution in [0.25, 0.3) is 0 Å². The second-order valence-corrected chi connectivity index (χ2v) is 4.07. The van der Waals surface area contributed by atoms with Crippen LogP contribution >= 0.6 is 0 Å². The predicted molar refractivity (Wildman–Crippen MR) is 53.2 cm³/mol. The maximum absolute atomic E-state index is 11.6. The minimum absolute atomic E-state index is 0.451. The van der Waals surface area contributed by atoms with E-state index in [1.807, 2.05) is 0 Å². The number of amides is 1. The maximum Gasteiger partial charge on any atom is 0.396 e. The highest BCUT2D eigenvalue weighted by molar-refractivity contribution is 6.32. The molecule has 5 nitrogen and oxygen atoms in total. The largest absolute Gasteiger partial charge is 0.462 e. The van der Waals surface area contributed by atoms with Crippen molar-refractivity contribution in [1.29, 1.82) is 0 Å². The van der Waals surface area contributed by atoms with Gasteiger partial charge < -0.3 is 9.64 Å². The summed E-state index contributed by atoms with van der Waals surface area (Å²) in [6.07, 6.45) is 2.33. The van der Waals surface area contributed by atoms with Crippen molar-refractivity contribution in [3.63, 3.8) is 0 Å². The minimum Gasteiger partial charge on any atom is -0.462 e. The molecule has 2 aliphatic heterocycles. The van der Waals surface area contributed by atoms with E-state index in [0.717, 1.165) is 19.5 Å². The van der Waals surface area contributed by atoms with Crippen molar-refractivity contribution in [2.45, 2.75) is 18.9 Å². The van der Waals surface area contributed by atoms with Gasteiger partial charge in [0.1, 0.15) is 0 Å². The molecule has 0 saturated carbocycles. The number of carbonyl (C=O) groups is 2. The SMILES string of the molecule is COC(=O)C(=O)N1CCN2CCCC2C1. The number of fused-ring (bicyclic) bond motifs is 1. The summed E-state index contributed by atoms with van der Waals surface area (Å²) in [7, 11) is 1.24. The summed E-state index contributed by atoms with van der Waals surface area (Å²) in [6.45, 7) is 3.33. The first-order chi connectivity index (χ1) is 7.22. The van der Waals surface area contributed by atoms with E-state index in [-0.39, 0.29) is 0 Å². The van der Waals surface area contributed by atoms with Gasteiger partial charge in [-0.2, -0.15) is 0 Å². The average molecular weight is 212 g/mol. The number of esters is 1. The molecule has 2 heterocycles. The summed E-state index contributed by atoms with van der Waals surface area (Å²) in [6, 6.07) is 0.451. The summed E-state index contributed by atoms with van der Waals surface area (Å²) in [4.78, 5) is 26.6. The van der Waals surface area contributed by atoms with Crippen LogP contribution in [0.3, 0.4) is 0 Å². The third-order valence-electron chi connectivity index (χ3n) is 3.23. The highest BCUT2D eigenvalue weighted by atomic mass is 16.5. The molecule has 1 atom stereocenters. The second kappa shape index (κ2) is 4.18. The molecule has 0 aromatic carbocycles. The number of carbonyl (C=O) groups excluding carboxylic acids is 2. The van der Waals surface area contributed by atoms with E-state index in [9.17, 15) is 9.59 Å². The molecule has 1 amide bonds. The second-order valence-electron chi connectivity index (χ2n) is 4.07. The molecule has 2 rings (SSSR count). The Morgan fingerprint density at radius 3 is 2.80 bits per heavy atom. The number of methoxy groups -OCH3 is 1. The lowest BCUT2D eigenvalue weighted by Gasteiger charge is -2.36. The van der Waals surface area contributed by atoms with Crippen molar-refractivity contribution in [3.05, 3.63) is 0 Å². The molecule has 2 aliphatic rings. The smallest absolute Gasteiger partial charge is 0.396 e. The maximum atomic E-state index is 11.6. The fraction of sp³-hybridized carbons (Fsp3) is 0.800. The number of rotatable bonds is 0. The molecule has 2 saturated heterocycles. The monoisotopic (exact) mass is 212 g/mol. The van der Waals surface area contributed by atoms with Crippen LogP contribution in [0.4, 0.5) is 0 Å². The Morgan fingerprint density at radius 1 is 1.27 bits per heavy atom. The van der Waals surface area contributed by atoms with Gasteiger partial charge in [0.25, 0.3) is 0 Å². The molecule has 0 bridgehead atoms. The van der Waals surface area contributed by atoms with Crippen LogP contribution in [0.1, 0.15) is 12.8 Å². The van der Waals surface area contributed by atoms with Gasteiger partial charge in [-0.25, -0.2) is 4.79 Å². The summed E-state index contributed by atoms with van der Waals surface area (Å²) < 4.78 is 4.43. The van der Waals surface area contributed by atoms with Crippen LogP contribution in [0.2, 0.25) is 0 Å². The first-order valence-corrected chi connectivity index (χ1v) is 5.33. The van der Waals surface area contributed by atoms with E-state index >= 15 is 0 Å². The van der Waals surface area contributed by atoms with Crippen LogP contribution in [-0.2, 0) is 14.3 Å². The van der Waals surface area contributed by atoms with E-state index in [4.69, 9.17) is 0 Å². The van der Waals surface area contributed by atoms with Gasteiger partial charge in [0.05, 0.1) is 7.11 Å².